The number of rotatable bonds is 7. The summed E-state index contributed by atoms with van der Waals surface area (Å²) in [6.45, 7) is 14.4. The van der Waals surface area contributed by atoms with Gasteiger partial charge >= 0.3 is 0 Å². The van der Waals surface area contributed by atoms with Crippen molar-refractivity contribution in [2.75, 3.05) is 0 Å². The second-order valence-corrected chi connectivity index (χ2v) is 4.80. The summed E-state index contributed by atoms with van der Waals surface area (Å²) in [6.07, 6.45) is 3.43. The molecule has 0 N–H and O–H groups in total. The van der Waals surface area contributed by atoms with Gasteiger partial charge in [0.1, 0.15) is 5.78 Å². The lowest BCUT2D eigenvalue weighted by atomic mass is 9.90. The lowest BCUT2D eigenvalue weighted by molar-refractivity contribution is -0.118. The van der Waals surface area contributed by atoms with E-state index in [4.69, 9.17) is 0 Å². The Morgan fingerprint density at radius 3 is 2.19 bits per heavy atom. The molecule has 1 heteroatoms. The van der Waals surface area contributed by atoms with E-state index in [2.05, 4.69) is 27.4 Å². The quantitative estimate of drug-likeness (QED) is 0.571. The van der Waals surface area contributed by atoms with Gasteiger partial charge < -0.3 is 0 Å². The summed E-state index contributed by atoms with van der Waals surface area (Å²) in [7, 11) is 0. The molecule has 0 amide bonds. The van der Waals surface area contributed by atoms with E-state index in [9.17, 15) is 4.79 Å². The molecule has 92 valence electrons. The van der Waals surface area contributed by atoms with Crippen molar-refractivity contribution in [3.05, 3.63) is 23.3 Å². The van der Waals surface area contributed by atoms with E-state index >= 15 is 0 Å². The second-order valence-electron chi connectivity index (χ2n) is 4.80. The maximum absolute atomic E-state index is 11.6. The molecule has 1 atom stereocenters. The monoisotopic (exact) mass is 222 g/mol. The minimum atomic E-state index is 0.332. The van der Waals surface area contributed by atoms with Gasteiger partial charge in [0.05, 0.1) is 0 Å². The summed E-state index contributed by atoms with van der Waals surface area (Å²) in [5, 5.41) is 0. The highest BCUT2D eigenvalue weighted by molar-refractivity contribution is 5.80. The molecule has 0 spiro atoms. The number of ketones is 1. The van der Waals surface area contributed by atoms with Crippen LogP contribution in [0.2, 0.25) is 0 Å². The molecule has 0 rings (SSSR count). The van der Waals surface area contributed by atoms with Crippen LogP contribution in [0.3, 0.4) is 0 Å². The first-order valence-electron chi connectivity index (χ1n) is 6.28. The molecule has 0 aromatic heterocycles. The summed E-state index contributed by atoms with van der Waals surface area (Å²) in [4.78, 5) is 11.6. The Labute approximate surface area is 101 Å². The Bertz CT molecular complexity index is 284. The molecular weight excluding hydrogens is 196 g/mol. The Morgan fingerprint density at radius 1 is 1.25 bits per heavy atom. The highest BCUT2D eigenvalue weighted by Gasteiger charge is 2.11. The number of carbonyl (C=O) groups excluding carboxylic acids is 1. The Kier molecular flexibility index (Phi) is 7.03. The molecule has 16 heavy (non-hydrogen) atoms. The van der Waals surface area contributed by atoms with Crippen LogP contribution < -0.4 is 0 Å². The largest absolute Gasteiger partial charge is 0.299 e. The summed E-state index contributed by atoms with van der Waals surface area (Å²) >= 11 is 0. The SMILES string of the molecule is C=C(C)/C(C)=C(/CC(=O)CC)CC(C)CC. The maximum atomic E-state index is 11.6. The molecule has 0 aliphatic carbocycles. The molecule has 0 saturated carbocycles. The van der Waals surface area contributed by atoms with E-state index in [-0.39, 0.29) is 0 Å². The van der Waals surface area contributed by atoms with E-state index in [1.54, 1.807) is 0 Å². The van der Waals surface area contributed by atoms with Crippen LogP contribution in [0.4, 0.5) is 0 Å². The molecule has 0 aromatic rings. The lowest BCUT2D eigenvalue weighted by Crippen LogP contribution is -2.04. The molecule has 0 aliphatic heterocycles. The predicted molar refractivity (Wildman–Crippen MR) is 71.5 cm³/mol. The molecule has 0 heterocycles. The topological polar surface area (TPSA) is 17.1 Å². The minimum absolute atomic E-state index is 0.332. The summed E-state index contributed by atoms with van der Waals surface area (Å²) in [6, 6.07) is 0. The van der Waals surface area contributed by atoms with Crippen LogP contribution in [0, 0.1) is 5.92 Å². The van der Waals surface area contributed by atoms with Gasteiger partial charge in [0.2, 0.25) is 0 Å². The first-order valence-corrected chi connectivity index (χ1v) is 6.28. The fourth-order valence-corrected chi connectivity index (χ4v) is 1.59. The van der Waals surface area contributed by atoms with E-state index in [1.165, 1.54) is 11.1 Å². The Morgan fingerprint density at radius 2 is 1.81 bits per heavy atom. The highest BCUT2D eigenvalue weighted by atomic mass is 16.1. The zero-order chi connectivity index (χ0) is 12.7. The van der Waals surface area contributed by atoms with Gasteiger partial charge in [-0.25, -0.2) is 0 Å². The molecule has 0 radical (unpaired) electrons. The zero-order valence-corrected chi connectivity index (χ0v) is 11.5. The van der Waals surface area contributed by atoms with Gasteiger partial charge in [-0.05, 0) is 31.8 Å². The van der Waals surface area contributed by atoms with Gasteiger partial charge in [-0.1, -0.05) is 44.9 Å². The zero-order valence-electron chi connectivity index (χ0n) is 11.5. The number of hydrogen-bond donors (Lipinski definition) is 0. The predicted octanol–water partition coefficient (Wildman–Crippen LogP) is 4.68. The van der Waals surface area contributed by atoms with Gasteiger partial charge in [-0.15, -0.1) is 0 Å². The van der Waals surface area contributed by atoms with Gasteiger partial charge in [-0.2, -0.15) is 0 Å². The fourth-order valence-electron chi connectivity index (χ4n) is 1.59. The standard InChI is InChI=1S/C15H26O/c1-7-12(5)9-14(10-15(16)8-2)13(6)11(3)4/h12H,3,7-10H2,1-2,4-6H3/b14-13+. The van der Waals surface area contributed by atoms with Crippen LogP contribution >= 0.6 is 0 Å². The maximum Gasteiger partial charge on any atom is 0.136 e. The highest BCUT2D eigenvalue weighted by Crippen LogP contribution is 2.24. The van der Waals surface area contributed by atoms with Crippen molar-refractivity contribution >= 4 is 5.78 Å². The van der Waals surface area contributed by atoms with Gasteiger partial charge in [0.15, 0.2) is 0 Å². The van der Waals surface area contributed by atoms with Gasteiger partial charge in [0.25, 0.3) is 0 Å². The molecule has 1 nitrogen and oxygen atoms in total. The minimum Gasteiger partial charge on any atom is -0.299 e. The van der Waals surface area contributed by atoms with Crippen LogP contribution in [0.5, 0.6) is 0 Å². The lowest BCUT2D eigenvalue weighted by Gasteiger charge is -2.15. The average molecular weight is 222 g/mol. The summed E-state index contributed by atoms with van der Waals surface area (Å²) in [5.74, 6) is 0.979. The Hall–Kier alpha value is -0.850. The molecule has 0 aromatic carbocycles. The third-order valence-electron chi connectivity index (χ3n) is 3.27. The van der Waals surface area contributed by atoms with E-state index < -0.39 is 0 Å². The van der Waals surface area contributed by atoms with Crippen molar-refractivity contribution in [1.29, 1.82) is 0 Å². The van der Waals surface area contributed by atoms with E-state index in [0.29, 0.717) is 24.5 Å². The first-order chi connectivity index (χ1) is 7.42. The van der Waals surface area contributed by atoms with Crippen LogP contribution in [0.15, 0.2) is 23.3 Å². The van der Waals surface area contributed by atoms with Gasteiger partial charge in [-0.3, -0.25) is 4.79 Å². The number of hydrogen-bond acceptors (Lipinski definition) is 1. The first kappa shape index (κ1) is 15.2. The molecular formula is C15H26O. The van der Waals surface area contributed by atoms with Crippen molar-refractivity contribution in [2.24, 2.45) is 5.92 Å². The van der Waals surface area contributed by atoms with Crippen molar-refractivity contribution < 1.29 is 4.79 Å². The van der Waals surface area contributed by atoms with E-state index in [1.807, 2.05) is 13.8 Å². The number of carbonyl (C=O) groups is 1. The molecule has 1 unspecified atom stereocenters. The third-order valence-corrected chi connectivity index (χ3v) is 3.27. The van der Waals surface area contributed by atoms with Crippen molar-refractivity contribution in [2.45, 2.75) is 60.3 Å². The van der Waals surface area contributed by atoms with Crippen LogP contribution in [-0.4, -0.2) is 5.78 Å². The third kappa shape index (κ3) is 5.29. The molecule has 0 aliphatic rings. The molecule has 0 fully saturated rings. The van der Waals surface area contributed by atoms with Crippen molar-refractivity contribution in [1.82, 2.24) is 0 Å². The normalized spacial score (nSPS) is 14.3. The van der Waals surface area contributed by atoms with Crippen LogP contribution in [-0.2, 0) is 4.79 Å². The molecule has 0 bridgehead atoms. The summed E-state index contributed by atoms with van der Waals surface area (Å²) in [5.41, 5.74) is 3.60. The van der Waals surface area contributed by atoms with Gasteiger partial charge in [0, 0.05) is 12.8 Å². The fraction of sp³-hybridized carbons (Fsp3) is 0.667. The smallest absolute Gasteiger partial charge is 0.136 e. The van der Waals surface area contributed by atoms with Crippen LogP contribution in [0.25, 0.3) is 0 Å². The summed E-state index contributed by atoms with van der Waals surface area (Å²) < 4.78 is 0. The molecule has 0 saturated heterocycles. The van der Waals surface area contributed by atoms with Crippen molar-refractivity contribution in [3.8, 4) is 0 Å². The number of Topliss-reactive ketones (excluding diaryl/α,β-unsaturated/α-hetero) is 1. The second kappa shape index (κ2) is 7.43. The Balaban J connectivity index is 4.83. The van der Waals surface area contributed by atoms with Crippen molar-refractivity contribution in [3.63, 3.8) is 0 Å². The van der Waals surface area contributed by atoms with Crippen LogP contribution in [0.1, 0.15) is 60.3 Å². The van der Waals surface area contributed by atoms with E-state index in [0.717, 1.165) is 18.4 Å². The average Bonchev–Trinajstić information content (AvgIpc) is 2.26. The number of allylic oxidation sites excluding steroid dienone is 3.